The lowest BCUT2D eigenvalue weighted by atomic mass is 9.79. The molecule has 4 rings (SSSR count). The molecule has 0 aromatic heterocycles. The SMILES string of the molecule is CCCOCC1(CO[Si](C)(C)c2ccc(C)cc2)c2ccccc2-c2ccccc21. The molecule has 3 aromatic carbocycles. The van der Waals surface area contributed by atoms with Gasteiger partial charge in [0.05, 0.1) is 18.6 Å². The first-order chi connectivity index (χ1) is 14.5. The van der Waals surface area contributed by atoms with Crippen LogP contribution >= 0.6 is 0 Å². The summed E-state index contributed by atoms with van der Waals surface area (Å²) in [5, 5.41) is 1.33. The standard InChI is InChI=1S/C27H32O2Si/c1-5-18-28-19-27(20-29-30(3,4)22-16-14-21(2)15-17-22)25-12-8-6-10-23(25)24-11-7-9-13-26(24)27/h6-17H,5,18-20H2,1-4H3. The number of benzene rings is 3. The Morgan fingerprint density at radius 3 is 1.90 bits per heavy atom. The third kappa shape index (κ3) is 3.78. The van der Waals surface area contributed by atoms with Gasteiger partial charge in [-0.2, -0.15) is 0 Å². The second-order valence-electron chi connectivity index (χ2n) is 8.89. The van der Waals surface area contributed by atoms with E-state index in [2.05, 4.69) is 99.7 Å². The Kier molecular flexibility index (Phi) is 5.96. The van der Waals surface area contributed by atoms with E-state index in [4.69, 9.17) is 9.16 Å². The van der Waals surface area contributed by atoms with Crippen LogP contribution in [-0.2, 0) is 14.6 Å². The summed E-state index contributed by atoms with van der Waals surface area (Å²) >= 11 is 0. The van der Waals surface area contributed by atoms with Crippen molar-refractivity contribution in [2.24, 2.45) is 0 Å². The van der Waals surface area contributed by atoms with E-state index in [-0.39, 0.29) is 5.41 Å². The highest BCUT2D eigenvalue weighted by Gasteiger charge is 2.45. The Balaban J connectivity index is 1.72. The lowest BCUT2D eigenvalue weighted by Crippen LogP contribution is -2.49. The van der Waals surface area contributed by atoms with Gasteiger partial charge in [-0.05, 0) is 53.9 Å². The highest BCUT2D eigenvalue weighted by molar-refractivity contribution is 6.84. The van der Waals surface area contributed by atoms with Crippen molar-refractivity contribution in [1.29, 1.82) is 0 Å². The van der Waals surface area contributed by atoms with Crippen molar-refractivity contribution in [2.75, 3.05) is 19.8 Å². The van der Waals surface area contributed by atoms with Gasteiger partial charge in [0, 0.05) is 6.61 Å². The van der Waals surface area contributed by atoms with Gasteiger partial charge in [0.15, 0.2) is 0 Å². The summed E-state index contributed by atoms with van der Waals surface area (Å²) < 4.78 is 13.1. The number of hydrogen-bond acceptors (Lipinski definition) is 2. The van der Waals surface area contributed by atoms with Gasteiger partial charge in [-0.25, -0.2) is 0 Å². The molecule has 0 heterocycles. The number of fused-ring (bicyclic) bond motifs is 3. The molecule has 0 radical (unpaired) electrons. The van der Waals surface area contributed by atoms with Crippen LogP contribution in [0, 0.1) is 6.92 Å². The van der Waals surface area contributed by atoms with Crippen LogP contribution in [0.5, 0.6) is 0 Å². The maximum absolute atomic E-state index is 6.85. The minimum Gasteiger partial charge on any atom is -0.412 e. The van der Waals surface area contributed by atoms with E-state index in [1.165, 1.54) is 33.0 Å². The van der Waals surface area contributed by atoms with Crippen molar-refractivity contribution in [3.63, 3.8) is 0 Å². The van der Waals surface area contributed by atoms with Crippen molar-refractivity contribution < 1.29 is 9.16 Å². The van der Waals surface area contributed by atoms with E-state index >= 15 is 0 Å². The zero-order valence-electron chi connectivity index (χ0n) is 18.6. The van der Waals surface area contributed by atoms with E-state index in [0.717, 1.165) is 13.0 Å². The van der Waals surface area contributed by atoms with Crippen LogP contribution in [0.15, 0.2) is 72.8 Å². The van der Waals surface area contributed by atoms with Gasteiger partial charge in [0.25, 0.3) is 0 Å². The first kappa shape index (κ1) is 21.0. The molecule has 0 saturated heterocycles. The molecule has 0 fully saturated rings. The van der Waals surface area contributed by atoms with Crippen molar-refractivity contribution in [2.45, 2.75) is 38.8 Å². The molecule has 3 heteroatoms. The lowest BCUT2D eigenvalue weighted by molar-refractivity contribution is 0.0747. The van der Waals surface area contributed by atoms with Crippen LogP contribution < -0.4 is 5.19 Å². The Hall–Kier alpha value is -2.20. The summed E-state index contributed by atoms with van der Waals surface area (Å²) in [6.45, 7) is 10.9. The highest BCUT2D eigenvalue weighted by Crippen LogP contribution is 2.49. The molecule has 3 aromatic rings. The zero-order valence-corrected chi connectivity index (χ0v) is 19.6. The van der Waals surface area contributed by atoms with Gasteiger partial charge in [0.1, 0.15) is 0 Å². The topological polar surface area (TPSA) is 18.5 Å². The molecule has 1 aliphatic rings. The molecule has 30 heavy (non-hydrogen) atoms. The van der Waals surface area contributed by atoms with Crippen LogP contribution in [0.3, 0.4) is 0 Å². The summed E-state index contributed by atoms with van der Waals surface area (Å²) in [4.78, 5) is 0. The van der Waals surface area contributed by atoms with Gasteiger partial charge in [-0.15, -0.1) is 0 Å². The Labute approximate surface area is 182 Å². The Morgan fingerprint density at radius 1 is 0.767 bits per heavy atom. The second-order valence-corrected chi connectivity index (χ2v) is 12.8. The third-order valence-electron chi connectivity index (χ3n) is 6.30. The number of ether oxygens (including phenoxy) is 1. The predicted molar refractivity (Wildman–Crippen MR) is 128 cm³/mol. The zero-order chi connectivity index (χ0) is 21.2. The van der Waals surface area contributed by atoms with Crippen molar-refractivity contribution in [3.8, 4) is 11.1 Å². The molecule has 0 unspecified atom stereocenters. The monoisotopic (exact) mass is 416 g/mol. The minimum absolute atomic E-state index is 0.267. The summed E-state index contributed by atoms with van der Waals surface area (Å²) in [6, 6.07) is 26.4. The number of rotatable bonds is 8. The molecule has 0 atom stereocenters. The highest BCUT2D eigenvalue weighted by atomic mass is 28.4. The lowest BCUT2D eigenvalue weighted by Gasteiger charge is -2.35. The second kappa shape index (κ2) is 8.50. The molecule has 0 aliphatic heterocycles. The van der Waals surface area contributed by atoms with Gasteiger partial charge < -0.3 is 9.16 Å². The molecular weight excluding hydrogens is 384 g/mol. The van der Waals surface area contributed by atoms with Crippen LogP contribution in [0.1, 0.15) is 30.0 Å². The number of aryl methyl sites for hydroxylation is 1. The smallest absolute Gasteiger partial charge is 0.218 e. The molecule has 0 spiro atoms. The van der Waals surface area contributed by atoms with Gasteiger partial charge in [-0.1, -0.05) is 85.3 Å². The van der Waals surface area contributed by atoms with Gasteiger partial charge in [-0.3, -0.25) is 0 Å². The fourth-order valence-electron chi connectivity index (χ4n) is 4.50. The molecular formula is C27H32O2Si. The van der Waals surface area contributed by atoms with E-state index in [1.807, 2.05) is 0 Å². The van der Waals surface area contributed by atoms with Crippen LogP contribution in [0.25, 0.3) is 11.1 Å². The minimum atomic E-state index is -2.06. The summed E-state index contributed by atoms with van der Waals surface area (Å²) in [5.74, 6) is 0. The van der Waals surface area contributed by atoms with E-state index < -0.39 is 8.32 Å². The molecule has 156 valence electrons. The Morgan fingerprint density at radius 2 is 1.33 bits per heavy atom. The van der Waals surface area contributed by atoms with Gasteiger partial charge in [0.2, 0.25) is 8.32 Å². The summed E-state index contributed by atoms with van der Waals surface area (Å²) in [7, 11) is -2.06. The van der Waals surface area contributed by atoms with Crippen LogP contribution in [-0.4, -0.2) is 28.1 Å². The average molecular weight is 417 g/mol. The number of hydrogen-bond donors (Lipinski definition) is 0. The van der Waals surface area contributed by atoms with Crippen molar-refractivity contribution >= 4 is 13.5 Å². The fraction of sp³-hybridized carbons (Fsp3) is 0.333. The predicted octanol–water partition coefficient (Wildman–Crippen LogP) is 5.82. The third-order valence-corrected chi connectivity index (χ3v) is 8.89. The molecule has 0 amide bonds. The van der Waals surface area contributed by atoms with Crippen LogP contribution in [0.2, 0.25) is 13.1 Å². The fourth-order valence-corrected chi connectivity index (χ4v) is 6.24. The van der Waals surface area contributed by atoms with Crippen LogP contribution in [0.4, 0.5) is 0 Å². The van der Waals surface area contributed by atoms with E-state index in [0.29, 0.717) is 13.2 Å². The average Bonchev–Trinajstić information content (AvgIpc) is 3.04. The molecule has 0 bridgehead atoms. The largest absolute Gasteiger partial charge is 0.412 e. The van der Waals surface area contributed by atoms with E-state index in [9.17, 15) is 0 Å². The normalized spacial score (nSPS) is 14.4. The maximum Gasteiger partial charge on any atom is 0.218 e. The molecule has 0 N–H and O–H groups in total. The molecule has 2 nitrogen and oxygen atoms in total. The molecule has 1 aliphatic carbocycles. The van der Waals surface area contributed by atoms with Gasteiger partial charge >= 0.3 is 0 Å². The maximum atomic E-state index is 6.85. The molecule has 0 saturated carbocycles. The summed E-state index contributed by atoms with van der Waals surface area (Å²) in [6.07, 6.45) is 1.02. The summed E-state index contributed by atoms with van der Waals surface area (Å²) in [5.41, 5.74) is 6.30. The first-order valence-corrected chi connectivity index (χ1v) is 13.9. The quantitative estimate of drug-likeness (QED) is 0.340. The van der Waals surface area contributed by atoms with Crippen molar-refractivity contribution in [1.82, 2.24) is 0 Å². The van der Waals surface area contributed by atoms with E-state index in [1.54, 1.807) is 0 Å². The first-order valence-electron chi connectivity index (χ1n) is 11.0. The Bertz CT molecular complexity index is 962. The van der Waals surface area contributed by atoms with Crippen molar-refractivity contribution in [3.05, 3.63) is 89.5 Å².